The van der Waals surface area contributed by atoms with Gasteiger partial charge in [-0.2, -0.15) is 0 Å². The van der Waals surface area contributed by atoms with E-state index in [4.69, 9.17) is 0 Å². The van der Waals surface area contributed by atoms with Crippen molar-refractivity contribution in [1.82, 2.24) is 41.3 Å². The van der Waals surface area contributed by atoms with Crippen molar-refractivity contribution in [3.63, 3.8) is 0 Å². The molecule has 2 fully saturated rings. The molecule has 3 rings (SSSR count). The molecular formula is C48H82N8O6. The largest absolute Gasteiger partial charge is 0.354 e. The van der Waals surface area contributed by atoms with Crippen molar-refractivity contribution in [2.24, 2.45) is 10.8 Å². The van der Waals surface area contributed by atoms with Crippen LogP contribution in [0, 0.1) is 10.8 Å². The maximum atomic E-state index is 14.1. The Labute approximate surface area is 373 Å². The number of likely N-dealkylation sites (tertiary alicyclic amines) is 2. The van der Waals surface area contributed by atoms with Gasteiger partial charge in [0.15, 0.2) is 0 Å². The lowest BCUT2D eigenvalue weighted by molar-refractivity contribution is -0.142. The summed E-state index contributed by atoms with van der Waals surface area (Å²) in [6.07, 6.45) is 10.3. The van der Waals surface area contributed by atoms with E-state index in [1.165, 1.54) is 0 Å². The van der Waals surface area contributed by atoms with E-state index in [-0.39, 0.29) is 47.5 Å². The Morgan fingerprint density at radius 1 is 0.677 bits per heavy atom. The van der Waals surface area contributed by atoms with Crippen molar-refractivity contribution in [2.45, 2.75) is 175 Å². The molecule has 0 saturated carbocycles. The molecule has 2 saturated heterocycles. The molecule has 2 aliphatic heterocycles. The topological polar surface area (TPSA) is 172 Å². The Morgan fingerprint density at radius 2 is 1.15 bits per heavy atom. The highest BCUT2D eigenvalue weighted by Gasteiger charge is 2.42. The van der Waals surface area contributed by atoms with Crippen LogP contribution in [0.1, 0.15) is 138 Å². The summed E-state index contributed by atoms with van der Waals surface area (Å²) in [4.78, 5) is 85.7. The van der Waals surface area contributed by atoms with E-state index in [1.807, 2.05) is 74.4 Å². The van der Waals surface area contributed by atoms with Crippen LogP contribution in [0.4, 0.5) is 0 Å². The van der Waals surface area contributed by atoms with Crippen LogP contribution in [0.3, 0.4) is 0 Å². The van der Waals surface area contributed by atoms with Gasteiger partial charge in [0.1, 0.15) is 12.1 Å². The first-order valence-electron chi connectivity index (χ1n) is 23.4. The average molecular weight is 867 g/mol. The summed E-state index contributed by atoms with van der Waals surface area (Å²) in [5.74, 6) is -0.540. The molecule has 0 unspecified atom stereocenters. The third kappa shape index (κ3) is 16.6. The third-order valence-corrected chi connectivity index (χ3v) is 12.6. The van der Waals surface area contributed by atoms with Gasteiger partial charge in [0.05, 0.1) is 12.1 Å². The summed E-state index contributed by atoms with van der Waals surface area (Å²) in [5.41, 5.74) is 0.197. The van der Waals surface area contributed by atoms with E-state index in [2.05, 4.69) is 38.7 Å². The van der Waals surface area contributed by atoms with E-state index >= 15 is 0 Å². The summed E-state index contributed by atoms with van der Waals surface area (Å²) >= 11 is 0. The second kappa shape index (κ2) is 25.3. The molecular weight excluding hydrogens is 785 g/mol. The Morgan fingerprint density at radius 3 is 1.65 bits per heavy atom. The number of nitrogens with one attached hydrogen (secondary N) is 5. The molecule has 1 aromatic carbocycles. The maximum Gasteiger partial charge on any atom is 0.246 e. The van der Waals surface area contributed by atoms with Crippen LogP contribution in [0.25, 0.3) is 0 Å². The monoisotopic (exact) mass is 867 g/mol. The number of benzene rings is 1. The number of carbonyl (C=O) groups is 6. The third-order valence-electron chi connectivity index (χ3n) is 12.6. The van der Waals surface area contributed by atoms with Crippen LogP contribution in [0.15, 0.2) is 30.3 Å². The Kier molecular flexibility index (Phi) is 21.3. The standard InChI is InChI=1S/C48H82N8O6/c1-34(49-9)43(59)52-41(47(3,4)5)45(61)55-29-20-24-37(55)32-51-39(57)26-18-13-11-12-14-19-27-40(58)54(31-28-36-22-16-15-17-23-36)33-38-25-21-30-56(38)46(62)42(48(6,7)8)53-44(60)35(2)50-10/h15-17,22-23,34-35,37-38,41-42,49-50H,11-14,18-21,24-33H2,1-10H3,(H,51,57)(H,52,59)(H,53,60)/t34-,35-,37+,38-,41+,42+/m0/s1. The van der Waals surface area contributed by atoms with Gasteiger partial charge in [-0.15, -0.1) is 0 Å². The van der Waals surface area contributed by atoms with Crippen molar-refractivity contribution in [3.05, 3.63) is 35.9 Å². The van der Waals surface area contributed by atoms with Gasteiger partial charge >= 0.3 is 0 Å². The summed E-state index contributed by atoms with van der Waals surface area (Å²) in [6, 6.07) is 7.75. The van der Waals surface area contributed by atoms with E-state index in [0.717, 1.165) is 76.2 Å². The van der Waals surface area contributed by atoms with Crippen molar-refractivity contribution < 1.29 is 28.8 Å². The predicted molar refractivity (Wildman–Crippen MR) is 246 cm³/mol. The van der Waals surface area contributed by atoms with E-state index in [1.54, 1.807) is 27.9 Å². The van der Waals surface area contributed by atoms with E-state index < -0.39 is 35.0 Å². The number of hydrogen-bond acceptors (Lipinski definition) is 8. The molecule has 14 nitrogen and oxygen atoms in total. The molecule has 6 amide bonds. The molecule has 62 heavy (non-hydrogen) atoms. The minimum absolute atomic E-state index is 0.0152. The van der Waals surface area contributed by atoms with Gasteiger partial charge in [-0.3, -0.25) is 28.8 Å². The van der Waals surface area contributed by atoms with Gasteiger partial charge in [0.25, 0.3) is 0 Å². The average Bonchev–Trinajstić information content (AvgIpc) is 3.91. The van der Waals surface area contributed by atoms with Gasteiger partial charge in [0, 0.05) is 57.6 Å². The summed E-state index contributed by atoms with van der Waals surface area (Å²) < 4.78 is 0. The van der Waals surface area contributed by atoms with Gasteiger partial charge in [-0.25, -0.2) is 0 Å². The molecule has 6 atom stereocenters. The van der Waals surface area contributed by atoms with Gasteiger partial charge in [0.2, 0.25) is 35.4 Å². The van der Waals surface area contributed by atoms with Gasteiger partial charge in [-0.1, -0.05) is 97.6 Å². The number of rotatable bonds is 24. The van der Waals surface area contributed by atoms with Gasteiger partial charge in [-0.05, 0) is 89.3 Å². The molecule has 1 aromatic rings. The first kappa shape index (κ1) is 52.3. The zero-order valence-electron chi connectivity index (χ0n) is 39.9. The zero-order chi connectivity index (χ0) is 46.0. The lowest BCUT2D eigenvalue weighted by atomic mass is 9.85. The zero-order valence-corrected chi connectivity index (χ0v) is 39.9. The quantitative estimate of drug-likeness (QED) is 0.0943. The molecule has 0 aromatic heterocycles. The molecule has 350 valence electrons. The number of unbranched alkanes of at least 4 members (excludes halogenated alkanes) is 5. The molecule has 5 N–H and O–H groups in total. The normalized spacial score (nSPS) is 18.7. The molecule has 0 radical (unpaired) electrons. The molecule has 0 spiro atoms. The number of nitrogens with zero attached hydrogens (tertiary/aromatic N) is 3. The van der Waals surface area contributed by atoms with Crippen LogP contribution >= 0.6 is 0 Å². The fourth-order valence-corrected chi connectivity index (χ4v) is 8.31. The number of amides is 6. The number of likely N-dealkylation sites (N-methyl/N-ethyl adjacent to an activating group) is 2. The summed E-state index contributed by atoms with van der Waals surface area (Å²) in [7, 11) is 3.44. The molecule has 0 bridgehead atoms. The van der Waals surface area contributed by atoms with Crippen LogP contribution in [-0.2, 0) is 35.2 Å². The van der Waals surface area contributed by atoms with Crippen molar-refractivity contribution in [3.8, 4) is 0 Å². The van der Waals surface area contributed by atoms with Crippen LogP contribution in [0.2, 0.25) is 0 Å². The minimum atomic E-state index is -0.684. The van der Waals surface area contributed by atoms with Gasteiger partial charge < -0.3 is 41.3 Å². The second-order valence-corrected chi connectivity index (χ2v) is 19.8. The lowest BCUT2D eigenvalue weighted by Crippen LogP contribution is -2.59. The summed E-state index contributed by atoms with van der Waals surface area (Å²) in [6.45, 7) is 18.0. The van der Waals surface area contributed by atoms with Crippen LogP contribution < -0.4 is 26.6 Å². The molecule has 2 aliphatic rings. The Bertz CT molecular complexity index is 1590. The minimum Gasteiger partial charge on any atom is -0.354 e. The van der Waals surface area contributed by atoms with E-state index in [0.29, 0.717) is 45.6 Å². The molecule has 14 heteroatoms. The second-order valence-electron chi connectivity index (χ2n) is 19.8. The summed E-state index contributed by atoms with van der Waals surface area (Å²) in [5, 5.41) is 14.9. The molecule has 2 heterocycles. The number of carbonyl (C=O) groups excluding carboxylic acids is 6. The predicted octanol–water partition coefficient (Wildman–Crippen LogP) is 4.55. The first-order chi connectivity index (χ1) is 29.3. The lowest BCUT2D eigenvalue weighted by Gasteiger charge is -2.37. The van der Waals surface area contributed by atoms with Crippen molar-refractivity contribution in [2.75, 3.05) is 46.8 Å². The first-order valence-corrected chi connectivity index (χ1v) is 23.4. The fourth-order valence-electron chi connectivity index (χ4n) is 8.31. The molecule has 0 aliphatic carbocycles. The van der Waals surface area contributed by atoms with E-state index in [9.17, 15) is 28.8 Å². The fraction of sp³-hybridized carbons (Fsp3) is 0.750. The van der Waals surface area contributed by atoms with Crippen LogP contribution in [-0.4, -0.2) is 133 Å². The smallest absolute Gasteiger partial charge is 0.246 e. The highest BCUT2D eigenvalue weighted by Crippen LogP contribution is 2.28. The highest BCUT2D eigenvalue weighted by atomic mass is 16.2. The van der Waals surface area contributed by atoms with Crippen LogP contribution in [0.5, 0.6) is 0 Å². The highest BCUT2D eigenvalue weighted by molar-refractivity contribution is 5.91. The maximum absolute atomic E-state index is 14.1. The number of hydrogen-bond donors (Lipinski definition) is 5. The van der Waals surface area contributed by atoms with Crippen molar-refractivity contribution in [1.29, 1.82) is 0 Å². The SMILES string of the molecule is CN[C@@H](C)C(=O)N[C@H](C(=O)N1CCC[C@@H]1CNC(=O)CCCCCCCCC(=O)N(CCc1ccccc1)C[C@@H]1CCCN1C(=O)[C@@H](NC(=O)[C@H](C)NC)C(C)(C)C)C(C)(C)C. The Hall–Kier alpha value is -4.04. The Balaban J connectivity index is 1.45. The van der Waals surface area contributed by atoms with Crippen molar-refractivity contribution >= 4 is 35.4 Å².